The first-order valence-corrected chi connectivity index (χ1v) is 18.3. The van der Waals surface area contributed by atoms with Crippen molar-refractivity contribution in [3.63, 3.8) is 0 Å². The van der Waals surface area contributed by atoms with Crippen LogP contribution in [0.25, 0.3) is 5.57 Å². The van der Waals surface area contributed by atoms with Crippen molar-refractivity contribution < 1.29 is 29.1 Å². The number of phenolic OH excluding ortho intramolecular Hbond substituents is 1. The van der Waals surface area contributed by atoms with Crippen LogP contribution < -0.4 is 4.90 Å². The van der Waals surface area contributed by atoms with Gasteiger partial charge in [0.05, 0.1) is 22.9 Å². The van der Waals surface area contributed by atoms with Crippen LogP contribution in [0.1, 0.15) is 51.4 Å². The standard InChI is InChI=1S/C47H35NO6/c49-34-18-10-15-31(25-34)42-35-23-24-36-41(46(54)48(45(36)53)33-21-19-30(20-22-33)43(51)29-13-6-2-7-14-29)38(35)26-39-44(52)37(28-11-4-1-5-12-28)27-40(50)47(39,42)32-16-8-3-9-17-32/h1-23,25,27,36,38-39,41-42,49H,24,26H2. The summed E-state index contributed by atoms with van der Waals surface area (Å²) in [6.07, 6.45) is 3.96. The molecule has 3 aliphatic carbocycles. The Morgan fingerprint density at radius 2 is 1.33 bits per heavy atom. The van der Waals surface area contributed by atoms with Crippen molar-refractivity contribution in [2.75, 3.05) is 4.90 Å². The van der Waals surface area contributed by atoms with Crippen LogP contribution in [0, 0.1) is 23.7 Å². The molecule has 6 atom stereocenters. The van der Waals surface area contributed by atoms with Crippen LogP contribution in [0.5, 0.6) is 5.75 Å². The molecule has 5 aromatic carbocycles. The third-order valence-electron chi connectivity index (χ3n) is 12.0. The number of hydrogen-bond acceptors (Lipinski definition) is 6. The van der Waals surface area contributed by atoms with Crippen LogP contribution >= 0.6 is 0 Å². The molecule has 0 bridgehead atoms. The second kappa shape index (κ2) is 12.9. The molecule has 7 nitrogen and oxygen atoms in total. The summed E-state index contributed by atoms with van der Waals surface area (Å²) in [5, 5.41) is 10.8. The van der Waals surface area contributed by atoms with Gasteiger partial charge >= 0.3 is 0 Å². The van der Waals surface area contributed by atoms with Gasteiger partial charge in [0.25, 0.3) is 0 Å². The van der Waals surface area contributed by atoms with Gasteiger partial charge in [0.1, 0.15) is 5.75 Å². The Kier molecular flexibility index (Phi) is 7.96. The summed E-state index contributed by atoms with van der Waals surface area (Å²) in [5.41, 5.74) is 3.12. The summed E-state index contributed by atoms with van der Waals surface area (Å²) >= 11 is 0. The van der Waals surface area contributed by atoms with Crippen LogP contribution in [0.15, 0.2) is 157 Å². The SMILES string of the molecule is O=C(c1ccccc1)c1ccc(N2C(=O)C3CC=C4C(CC5C(=O)C(c6ccccc6)=CC(=O)C5(c5ccccc5)C4c4cccc(O)c4)C3C2=O)cc1. The number of rotatable bonds is 6. The molecule has 0 spiro atoms. The largest absolute Gasteiger partial charge is 0.508 e. The number of nitrogens with zero attached hydrogens (tertiary/aromatic N) is 1. The molecular weight excluding hydrogens is 675 g/mol. The molecule has 264 valence electrons. The second-order valence-electron chi connectivity index (χ2n) is 14.6. The van der Waals surface area contributed by atoms with Gasteiger partial charge in [-0.1, -0.05) is 115 Å². The van der Waals surface area contributed by atoms with Crippen LogP contribution in [-0.4, -0.2) is 34.3 Å². The summed E-state index contributed by atoms with van der Waals surface area (Å²) in [5.74, 6) is -4.79. The Morgan fingerprint density at radius 1 is 0.685 bits per heavy atom. The van der Waals surface area contributed by atoms with Gasteiger partial charge in [-0.3, -0.25) is 28.9 Å². The van der Waals surface area contributed by atoms with Crippen LogP contribution in [0.3, 0.4) is 0 Å². The molecule has 7 heteroatoms. The smallest absolute Gasteiger partial charge is 0.238 e. The number of benzene rings is 5. The van der Waals surface area contributed by atoms with E-state index in [0.717, 1.165) is 5.57 Å². The van der Waals surface area contributed by atoms with E-state index in [2.05, 4.69) is 0 Å². The molecule has 1 N–H and O–H groups in total. The van der Waals surface area contributed by atoms with Gasteiger partial charge in [0.15, 0.2) is 17.3 Å². The number of carbonyl (C=O) groups excluding carboxylic acids is 5. The lowest BCUT2D eigenvalue weighted by atomic mass is 9.44. The number of amides is 2. The normalized spacial score (nSPS) is 26.0. The van der Waals surface area contributed by atoms with E-state index in [4.69, 9.17) is 0 Å². The summed E-state index contributed by atoms with van der Waals surface area (Å²) in [4.78, 5) is 73.4. The van der Waals surface area contributed by atoms with Gasteiger partial charge in [-0.05, 0) is 77.9 Å². The molecule has 1 saturated carbocycles. The van der Waals surface area contributed by atoms with E-state index in [1.807, 2.05) is 78.9 Å². The topological polar surface area (TPSA) is 109 Å². The first-order valence-electron chi connectivity index (χ1n) is 18.3. The van der Waals surface area contributed by atoms with E-state index < -0.39 is 35.0 Å². The predicted molar refractivity (Wildman–Crippen MR) is 203 cm³/mol. The number of allylic oxidation sites excluding steroid dienone is 4. The van der Waals surface area contributed by atoms with Gasteiger partial charge in [0.2, 0.25) is 11.8 Å². The monoisotopic (exact) mass is 709 g/mol. The van der Waals surface area contributed by atoms with Crippen molar-refractivity contribution in [2.24, 2.45) is 23.7 Å². The van der Waals surface area contributed by atoms with E-state index in [-0.39, 0.29) is 47.8 Å². The summed E-state index contributed by atoms with van der Waals surface area (Å²) < 4.78 is 0. The van der Waals surface area contributed by atoms with Gasteiger partial charge in [0, 0.05) is 28.5 Å². The molecule has 54 heavy (non-hydrogen) atoms. The predicted octanol–water partition coefficient (Wildman–Crippen LogP) is 7.65. The second-order valence-corrected chi connectivity index (χ2v) is 14.6. The van der Waals surface area contributed by atoms with Crippen LogP contribution in [0.4, 0.5) is 5.69 Å². The number of phenols is 1. The maximum Gasteiger partial charge on any atom is 0.238 e. The number of aromatic hydroxyl groups is 1. The van der Waals surface area contributed by atoms with Crippen LogP contribution in [0.2, 0.25) is 0 Å². The number of anilines is 1. The minimum Gasteiger partial charge on any atom is -0.508 e. The molecule has 2 amide bonds. The van der Waals surface area contributed by atoms with Crippen molar-refractivity contribution >= 4 is 40.4 Å². The quantitative estimate of drug-likeness (QED) is 0.110. The van der Waals surface area contributed by atoms with Gasteiger partial charge in [-0.2, -0.15) is 0 Å². The van der Waals surface area contributed by atoms with E-state index in [1.54, 1.807) is 66.7 Å². The number of Topliss-reactive ketones (excluding diaryl/α,β-unsaturated/α-hetero) is 1. The Labute approximate surface area is 312 Å². The highest BCUT2D eigenvalue weighted by Crippen LogP contribution is 2.63. The Hall–Kier alpha value is -6.47. The van der Waals surface area contributed by atoms with Gasteiger partial charge in [-0.15, -0.1) is 0 Å². The summed E-state index contributed by atoms with van der Waals surface area (Å²) in [6.45, 7) is 0. The van der Waals surface area contributed by atoms with Gasteiger partial charge in [-0.25, -0.2) is 0 Å². The first kappa shape index (κ1) is 33.4. The highest BCUT2D eigenvalue weighted by molar-refractivity contribution is 6.32. The molecule has 9 rings (SSSR count). The highest BCUT2D eigenvalue weighted by Gasteiger charge is 2.66. The zero-order chi connectivity index (χ0) is 37.1. The lowest BCUT2D eigenvalue weighted by Crippen LogP contribution is -2.58. The average Bonchev–Trinajstić information content (AvgIpc) is 3.47. The average molecular weight is 710 g/mol. The minimum absolute atomic E-state index is 0.0197. The molecular formula is C47H35NO6. The molecule has 5 aromatic rings. The fourth-order valence-corrected chi connectivity index (χ4v) is 9.73. The fourth-order valence-electron chi connectivity index (χ4n) is 9.73. The summed E-state index contributed by atoms with van der Waals surface area (Å²) in [6, 6.07) is 40.8. The maximum atomic E-state index is 15.1. The number of ketones is 3. The number of fused-ring (bicyclic) bond motifs is 4. The Morgan fingerprint density at radius 3 is 2.02 bits per heavy atom. The molecule has 1 saturated heterocycles. The number of hydrogen-bond donors (Lipinski definition) is 1. The third-order valence-corrected chi connectivity index (χ3v) is 12.0. The summed E-state index contributed by atoms with van der Waals surface area (Å²) in [7, 11) is 0. The molecule has 4 aliphatic rings. The lowest BCUT2D eigenvalue weighted by Gasteiger charge is -2.55. The third kappa shape index (κ3) is 4.99. The Balaban J connectivity index is 1.17. The zero-order valence-corrected chi connectivity index (χ0v) is 29.2. The first-order chi connectivity index (χ1) is 26.3. The number of imide groups is 1. The molecule has 0 radical (unpaired) electrons. The highest BCUT2D eigenvalue weighted by atomic mass is 16.3. The molecule has 0 aromatic heterocycles. The van der Waals surface area contributed by atoms with Crippen molar-refractivity contribution in [1.29, 1.82) is 0 Å². The van der Waals surface area contributed by atoms with Crippen molar-refractivity contribution in [3.05, 3.63) is 185 Å². The maximum absolute atomic E-state index is 15.1. The van der Waals surface area contributed by atoms with Crippen molar-refractivity contribution in [3.8, 4) is 5.75 Å². The molecule has 1 heterocycles. The van der Waals surface area contributed by atoms with E-state index in [1.165, 1.54) is 11.0 Å². The molecule has 1 aliphatic heterocycles. The van der Waals surface area contributed by atoms with E-state index >= 15 is 9.59 Å². The Bertz CT molecular complexity index is 2420. The van der Waals surface area contributed by atoms with Crippen molar-refractivity contribution in [1.82, 2.24) is 0 Å². The molecule has 2 fully saturated rings. The molecule has 6 unspecified atom stereocenters. The fraction of sp³-hybridized carbons (Fsp3) is 0.170. The van der Waals surface area contributed by atoms with Gasteiger partial charge < -0.3 is 5.11 Å². The van der Waals surface area contributed by atoms with E-state index in [9.17, 15) is 19.5 Å². The minimum atomic E-state index is -1.37. The lowest BCUT2D eigenvalue weighted by molar-refractivity contribution is -0.135. The van der Waals surface area contributed by atoms with E-state index in [0.29, 0.717) is 39.1 Å². The van der Waals surface area contributed by atoms with Crippen molar-refractivity contribution in [2.45, 2.75) is 24.2 Å². The number of carbonyl (C=O) groups is 5. The zero-order valence-electron chi connectivity index (χ0n) is 29.2. The van der Waals surface area contributed by atoms with Crippen LogP contribution in [-0.2, 0) is 24.6 Å².